The zero-order chi connectivity index (χ0) is 9.84. The van der Waals surface area contributed by atoms with E-state index in [2.05, 4.69) is 20.8 Å². The monoisotopic (exact) mass is 184 g/mol. The molecule has 13 heavy (non-hydrogen) atoms. The third kappa shape index (κ3) is 2.70. The largest absolute Gasteiger partial charge is 0.393 e. The van der Waals surface area contributed by atoms with E-state index >= 15 is 0 Å². The number of aliphatic hydroxyl groups is 1. The Morgan fingerprint density at radius 3 is 2.23 bits per heavy atom. The highest BCUT2D eigenvalue weighted by Gasteiger charge is 2.31. The average Bonchev–Trinajstić information content (AvgIpc) is 2.45. The van der Waals surface area contributed by atoms with Crippen LogP contribution in [-0.2, 0) is 0 Å². The van der Waals surface area contributed by atoms with Gasteiger partial charge in [0.05, 0.1) is 6.10 Å². The second kappa shape index (κ2) is 4.99. The Balaban J connectivity index is 2.36. The summed E-state index contributed by atoms with van der Waals surface area (Å²) in [5.41, 5.74) is 0. The van der Waals surface area contributed by atoms with Crippen LogP contribution in [0.3, 0.4) is 0 Å². The molecule has 3 atom stereocenters. The number of aliphatic hydroxyl groups excluding tert-OH is 1. The van der Waals surface area contributed by atoms with Gasteiger partial charge in [-0.25, -0.2) is 0 Å². The molecule has 0 radical (unpaired) electrons. The van der Waals surface area contributed by atoms with Crippen molar-refractivity contribution in [2.45, 2.75) is 59.0 Å². The maximum atomic E-state index is 9.63. The quantitative estimate of drug-likeness (QED) is 0.711. The number of rotatable bonds is 4. The van der Waals surface area contributed by atoms with E-state index < -0.39 is 0 Å². The first kappa shape index (κ1) is 11.0. The normalized spacial score (nSPS) is 34.4. The van der Waals surface area contributed by atoms with Crippen molar-refractivity contribution in [3.05, 3.63) is 0 Å². The van der Waals surface area contributed by atoms with E-state index in [1.807, 2.05) is 0 Å². The Hall–Kier alpha value is -0.0400. The zero-order valence-corrected chi connectivity index (χ0v) is 9.29. The molecule has 78 valence electrons. The van der Waals surface area contributed by atoms with Gasteiger partial charge >= 0.3 is 0 Å². The van der Waals surface area contributed by atoms with Crippen LogP contribution in [0, 0.1) is 17.8 Å². The van der Waals surface area contributed by atoms with Crippen molar-refractivity contribution < 1.29 is 5.11 Å². The molecule has 1 aliphatic carbocycles. The molecule has 1 aliphatic rings. The van der Waals surface area contributed by atoms with Gasteiger partial charge in [-0.05, 0) is 37.0 Å². The standard InChI is InChI=1S/C12H24O/c1-4-10(5-2)8-11-6-7-12(13)9(11)3/h9-13H,4-8H2,1-3H3. The molecule has 0 bridgehead atoms. The van der Waals surface area contributed by atoms with E-state index in [1.54, 1.807) is 0 Å². The highest BCUT2D eigenvalue weighted by Crippen LogP contribution is 2.37. The molecule has 0 aliphatic heterocycles. The molecule has 1 saturated carbocycles. The molecular formula is C12H24O. The lowest BCUT2D eigenvalue weighted by Crippen LogP contribution is -2.17. The minimum Gasteiger partial charge on any atom is -0.393 e. The highest BCUT2D eigenvalue weighted by atomic mass is 16.3. The van der Waals surface area contributed by atoms with Crippen molar-refractivity contribution in [1.29, 1.82) is 0 Å². The fraction of sp³-hybridized carbons (Fsp3) is 1.00. The fourth-order valence-corrected chi connectivity index (χ4v) is 2.61. The van der Waals surface area contributed by atoms with Gasteiger partial charge in [0, 0.05) is 0 Å². The van der Waals surface area contributed by atoms with Crippen LogP contribution in [0.4, 0.5) is 0 Å². The first-order valence-corrected chi connectivity index (χ1v) is 5.87. The van der Waals surface area contributed by atoms with Crippen LogP contribution in [0.2, 0.25) is 0 Å². The summed E-state index contributed by atoms with van der Waals surface area (Å²) in [6.07, 6.45) is 6.21. The molecule has 1 heteroatoms. The molecular weight excluding hydrogens is 160 g/mol. The van der Waals surface area contributed by atoms with Gasteiger partial charge in [0.1, 0.15) is 0 Å². The lowest BCUT2D eigenvalue weighted by atomic mass is 9.85. The van der Waals surface area contributed by atoms with Gasteiger partial charge in [0.2, 0.25) is 0 Å². The molecule has 0 aromatic rings. The van der Waals surface area contributed by atoms with Crippen LogP contribution in [0.1, 0.15) is 52.9 Å². The van der Waals surface area contributed by atoms with Gasteiger partial charge in [-0.3, -0.25) is 0 Å². The van der Waals surface area contributed by atoms with Crippen molar-refractivity contribution in [1.82, 2.24) is 0 Å². The lowest BCUT2D eigenvalue weighted by molar-refractivity contribution is 0.121. The topological polar surface area (TPSA) is 20.2 Å². The molecule has 1 N–H and O–H groups in total. The average molecular weight is 184 g/mol. The molecule has 1 fully saturated rings. The molecule has 0 aromatic carbocycles. The minimum absolute atomic E-state index is 0.0145. The predicted molar refractivity (Wildman–Crippen MR) is 56.6 cm³/mol. The minimum atomic E-state index is -0.0145. The molecule has 0 spiro atoms. The molecule has 0 amide bonds. The molecule has 0 heterocycles. The Morgan fingerprint density at radius 1 is 1.23 bits per heavy atom. The molecule has 0 aromatic heterocycles. The summed E-state index contributed by atoms with van der Waals surface area (Å²) in [4.78, 5) is 0. The van der Waals surface area contributed by atoms with Gasteiger partial charge < -0.3 is 5.11 Å². The second-order valence-electron chi connectivity index (χ2n) is 4.68. The van der Waals surface area contributed by atoms with Gasteiger partial charge in [0.25, 0.3) is 0 Å². The van der Waals surface area contributed by atoms with Crippen molar-refractivity contribution in [2.75, 3.05) is 0 Å². The van der Waals surface area contributed by atoms with E-state index in [9.17, 15) is 5.11 Å². The summed E-state index contributed by atoms with van der Waals surface area (Å²) in [5, 5.41) is 9.63. The molecule has 0 saturated heterocycles. The van der Waals surface area contributed by atoms with E-state index in [1.165, 1.54) is 25.7 Å². The smallest absolute Gasteiger partial charge is 0.0568 e. The summed E-state index contributed by atoms with van der Waals surface area (Å²) >= 11 is 0. The fourth-order valence-electron chi connectivity index (χ4n) is 2.61. The molecule has 1 rings (SSSR count). The molecule has 1 nitrogen and oxygen atoms in total. The highest BCUT2D eigenvalue weighted by molar-refractivity contribution is 4.82. The van der Waals surface area contributed by atoms with Gasteiger partial charge in [-0.15, -0.1) is 0 Å². The summed E-state index contributed by atoms with van der Waals surface area (Å²) < 4.78 is 0. The maximum absolute atomic E-state index is 9.63. The van der Waals surface area contributed by atoms with E-state index in [0.717, 1.165) is 18.3 Å². The SMILES string of the molecule is CCC(CC)CC1CCC(O)C1C. The van der Waals surface area contributed by atoms with Crippen molar-refractivity contribution >= 4 is 0 Å². The molecule has 3 unspecified atom stereocenters. The van der Waals surface area contributed by atoms with Crippen LogP contribution in [0.15, 0.2) is 0 Å². The first-order chi connectivity index (χ1) is 6.19. The summed E-state index contributed by atoms with van der Waals surface area (Å²) in [6, 6.07) is 0. The zero-order valence-electron chi connectivity index (χ0n) is 9.29. The number of hydrogen-bond acceptors (Lipinski definition) is 1. The van der Waals surface area contributed by atoms with Gasteiger partial charge in [-0.2, -0.15) is 0 Å². The predicted octanol–water partition coefficient (Wildman–Crippen LogP) is 3.22. The number of hydrogen-bond donors (Lipinski definition) is 1. The Bertz CT molecular complexity index is 140. The summed E-state index contributed by atoms with van der Waals surface area (Å²) in [6.45, 7) is 6.78. The first-order valence-electron chi connectivity index (χ1n) is 5.87. The van der Waals surface area contributed by atoms with Gasteiger partial charge in [-0.1, -0.05) is 33.6 Å². The van der Waals surface area contributed by atoms with E-state index in [4.69, 9.17) is 0 Å². The summed E-state index contributed by atoms with van der Waals surface area (Å²) in [7, 11) is 0. The maximum Gasteiger partial charge on any atom is 0.0568 e. The Kier molecular flexibility index (Phi) is 4.24. The lowest BCUT2D eigenvalue weighted by Gasteiger charge is -2.22. The van der Waals surface area contributed by atoms with E-state index in [0.29, 0.717) is 5.92 Å². The van der Waals surface area contributed by atoms with Crippen LogP contribution < -0.4 is 0 Å². The van der Waals surface area contributed by atoms with Crippen LogP contribution in [0.5, 0.6) is 0 Å². The third-order valence-electron chi connectivity index (χ3n) is 3.97. The Morgan fingerprint density at radius 2 is 1.85 bits per heavy atom. The van der Waals surface area contributed by atoms with Crippen molar-refractivity contribution in [3.63, 3.8) is 0 Å². The van der Waals surface area contributed by atoms with E-state index in [-0.39, 0.29) is 6.10 Å². The second-order valence-corrected chi connectivity index (χ2v) is 4.68. The van der Waals surface area contributed by atoms with Crippen molar-refractivity contribution in [3.8, 4) is 0 Å². The Labute approximate surface area is 82.5 Å². The van der Waals surface area contributed by atoms with Crippen LogP contribution in [-0.4, -0.2) is 11.2 Å². The van der Waals surface area contributed by atoms with Crippen LogP contribution in [0.25, 0.3) is 0 Å². The van der Waals surface area contributed by atoms with Gasteiger partial charge in [0.15, 0.2) is 0 Å². The van der Waals surface area contributed by atoms with Crippen LogP contribution >= 0.6 is 0 Å². The van der Waals surface area contributed by atoms with Crippen molar-refractivity contribution in [2.24, 2.45) is 17.8 Å². The third-order valence-corrected chi connectivity index (χ3v) is 3.97. The summed E-state index contributed by atoms with van der Waals surface area (Å²) in [5.74, 6) is 2.22.